The van der Waals surface area contributed by atoms with Crippen molar-refractivity contribution in [3.05, 3.63) is 65.2 Å². The van der Waals surface area contributed by atoms with Crippen LogP contribution in [0.3, 0.4) is 0 Å². The predicted molar refractivity (Wildman–Crippen MR) is 106 cm³/mol. The lowest BCUT2D eigenvalue weighted by atomic mass is 10.1. The fourth-order valence-corrected chi connectivity index (χ4v) is 2.75. The lowest BCUT2D eigenvalue weighted by Crippen LogP contribution is -2.33. The first-order chi connectivity index (χ1) is 14.0. The van der Waals surface area contributed by atoms with Crippen LogP contribution >= 0.6 is 0 Å². The molecule has 0 radical (unpaired) electrons. The number of Topliss-reactive ketones (excluding diaryl/α,β-unsaturated/α-hetero) is 1. The third-order valence-corrected chi connectivity index (χ3v) is 4.11. The number of rotatable bonds is 8. The molecule has 0 aliphatic heterocycles. The maximum absolute atomic E-state index is 12.3. The van der Waals surface area contributed by atoms with Crippen LogP contribution in [-0.4, -0.2) is 48.8 Å². The molecule has 0 spiro atoms. The molecule has 9 heteroatoms. The van der Waals surface area contributed by atoms with Crippen molar-refractivity contribution < 1.29 is 27.6 Å². The first-order valence-electron chi connectivity index (χ1n) is 9.07. The normalized spacial score (nSPS) is 11.3. The van der Waals surface area contributed by atoms with Gasteiger partial charge in [0.2, 0.25) is 5.91 Å². The van der Waals surface area contributed by atoms with E-state index < -0.39 is 18.6 Å². The predicted octanol–water partition coefficient (Wildman–Crippen LogP) is 3.25. The fraction of sp³-hybridized carbons (Fsp3) is 0.286. The van der Waals surface area contributed by atoms with Crippen LogP contribution in [-0.2, 0) is 11.3 Å². The number of benzene rings is 2. The largest absolute Gasteiger partial charge is 0.405 e. The standard InChI is InChI=1S/C21H22F3N3O3/c1-14(28)17-5-3-4-6-18(17)26-19(29)12-27(2)11-15-7-9-16(10-8-15)20(30)25-13-21(22,23)24/h3-10H,11-13H2,1-2H3,(H,25,30)(H,26,29). The van der Waals surface area contributed by atoms with Crippen molar-refractivity contribution in [2.75, 3.05) is 25.5 Å². The van der Waals surface area contributed by atoms with Crippen LogP contribution in [0.5, 0.6) is 0 Å². The van der Waals surface area contributed by atoms with Gasteiger partial charge in [0.1, 0.15) is 6.54 Å². The van der Waals surface area contributed by atoms with E-state index in [1.807, 2.05) is 5.32 Å². The zero-order valence-corrected chi connectivity index (χ0v) is 16.5. The first-order valence-corrected chi connectivity index (χ1v) is 9.07. The average molecular weight is 421 g/mol. The summed E-state index contributed by atoms with van der Waals surface area (Å²) in [6, 6.07) is 12.8. The SMILES string of the molecule is CC(=O)c1ccccc1NC(=O)CN(C)Cc1ccc(C(=O)NCC(F)(F)F)cc1. The highest BCUT2D eigenvalue weighted by Gasteiger charge is 2.27. The quantitative estimate of drug-likeness (QED) is 0.642. The van der Waals surface area contributed by atoms with E-state index in [1.54, 1.807) is 48.3 Å². The summed E-state index contributed by atoms with van der Waals surface area (Å²) in [5.41, 5.74) is 1.76. The summed E-state index contributed by atoms with van der Waals surface area (Å²) in [6.07, 6.45) is -4.47. The minimum absolute atomic E-state index is 0.0556. The number of carbonyl (C=O) groups excluding carboxylic acids is 3. The Morgan fingerprint density at radius 3 is 2.23 bits per heavy atom. The van der Waals surface area contributed by atoms with Crippen molar-refractivity contribution in [2.45, 2.75) is 19.6 Å². The summed E-state index contributed by atoms with van der Waals surface area (Å²) in [4.78, 5) is 37.4. The van der Waals surface area contributed by atoms with E-state index in [1.165, 1.54) is 19.1 Å². The highest BCUT2D eigenvalue weighted by molar-refractivity contribution is 6.04. The molecule has 160 valence electrons. The number of likely N-dealkylation sites (N-methyl/N-ethyl adjacent to an activating group) is 1. The second-order valence-corrected chi connectivity index (χ2v) is 6.82. The molecular formula is C21H22F3N3O3. The van der Waals surface area contributed by atoms with Crippen LogP contribution in [0.25, 0.3) is 0 Å². The Bertz CT molecular complexity index is 912. The summed E-state index contributed by atoms with van der Waals surface area (Å²) in [5, 5.41) is 4.52. The van der Waals surface area contributed by atoms with Gasteiger partial charge in [0, 0.05) is 17.7 Å². The summed E-state index contributed by atoms with van der Waals surface area (Å²) in [6.45, 7) is 0.467. The maximum atomic E-state index is 12.3. The molecule has 0 saturated heterocycles. The Hall–Kier alpha value is -3.20. The topological polar surface area (TPSA) is 78.5 Å². The molecule has 2 N–H and O–H groups in total. The molecule has 30 heavy (non-hydrogen) atoms. The Labute approximate surface area is 172 Å². The van der Waals surface area contributed by atoms with Crippen LogP contribution in [0.4, 0.5) is 18.9 Å². The van der Waals surface area contributed by atoms with E-state index in [4.69, 9.17) is 0 Å². The molecule has 6 nitrogen and oxygen atoms in total. The lowest BCUT2D eigenvalue weighted by molar-refractivity contribution is -0.123. The van der Waals surface area contributed by atoms with Gasteiger partial charge in [-0.2, -0.15) is 13.2 Å². The third-order valence-electron chi connectivity index (χ3n) is 4.11. The summed E-state index contributed by atoms with van der Waals surface area (Å²) in [7, 11) is 1.72. The lowest BCUT2D eigenvalue weighted by Gasteiger charge is -2.17. The number of hydrogen-bond donors (Lipinski definition) is 2. The number of nitrogens with zero attached hydrogens (tertiary/aromatic N) is 1. The molecule has 0 heterocycles. The molecule has 2 aromatic carbocycles. The van der Waals surface area contributed by atoms with Crippen molar-refractivity contribution >= 4 is 23.3 Å². The highest BCUT2D eigenvalue weighted by atomic mass is 19.4. The molecule has 2 aromatic rings. The van der Waals surface area contributed by atoms with Gasteiger partial charge in [-0.1, -0.05) is 24.3 Å². The zero-order valence-electron chi connectivity index (χ0n) is 16.5. The number of hydrogen-bond acceptors (Lipinski definition) is 4. The number of alkyl halides is 3. The van der Waals surface area contributed by atoms with Crippen molar-refractivity contribution in [3.63, 3.8) is 0 Å². The number of nitrogens with one attached hydrogen (secondary N) is 2. The van der Waals surface area contributed by atoms with Crippen LogP contribution in [0.1, 0.15) is 33.2 Å². The van der Waals surface area contributed by atoms with E-state index in [0.29, 0.717) is 17.8 Å². The molecule has 0 aliphatic rings. The molecule has 0 saturated carbocycles. The van der Waals surface area contributed by atoms with E-state index in [0.717, 1.165) is 5.56 Å². The minimum atomic E-state index is -4.47. The average Bonchev–Trinajstić information content (AvgIpc) is 2.66. The Balaban J connectivity index is 1.89. The van der Waals surface area contributed by atoms with E-state index >= 15 is 0 Å². The minimum Gasteiger partial charge on any atom is -0.343 e. The van der Waals surface area contributed by atoms with Crippen LogP contribution < -0.4 is 10.6 Å². The van der Waals surface area contributed by atoms with Gasteiger partial charge >= 0.3 is 6.18 Å². The summed E-state index contributed by atoms with van der Waals surface area (Å²) >= 11 is 0. The zero-order chi connectivity index (χ0) is 22.3. The van der Waals surface area contributed by atoms with Gasteiger partial charge in [-0.25, -0.2) is 0 Å². The maximum Gasteiger partial charge on any atom is 0.405 e. The van der Waals surface area contributed by atoms with Crippen LogP contribution in [0.15, 0.2) is 48.5 Å². The molecular weight excluding hydrogens is 399 g/mol. The van der Waals surface area contributed by atoms with Crippen molar-refractivity contribution in [3.8, 4) is 0 Å². The molecule has 0 aliphatic carbocycles. The first kappa shape index (κ1) is 23.1. The number of halogens is 3. The van der Waals surface area contributed by atoms with Crippen molar-refractivity contribution in [2.24, 2.45) is 0 Å². The van der Waals surface area contributed by atoms with Gasteiger partial charge in [-0.05, 0) is 43.8 Å². The molecule has 2 amide bonds. The Morgan fingerprint density at radius 2 is 1.63 bits per heavy atom. The van der Waals surface area contributed by atoms with E-state index in [9.17, 15) is 27.6 Å². The summed E-state index contributed by atoms with van der Waals surface area (Å²) in [5.74, 6) is -1.26. The number of anilines is 1. The second kappa shape index (κ2) is 10.0. The molecule has 0 fully saturated rings. The molecule has 0 atom stereocenters. The van der Waals surface area contributed by atoms with Gasteiger partial charge in [0.25, 0.3) is 5.91 Å². The molecule has 0 aromatic heterocycles. The van der Waals surface area contributed by atoms with Gasteiger partial charge in [-0.3, -0.25) is 19.3 Å². The summed E-state index contributed by atoms with van der Waals surface area (Å²) < 4.78 is 36.5. The van der Waals surface area contributed by atoms with Crippen molar-refractivity contribution in [1.29, 1.82) is 0 Å². The number of para-hydroxylation sites is 1. The molecule has 2 rings (SSSR count). The Morgan fingerprint density at radius 1 is 1.00 bits per heavy atom. The Kier molecular flexibility index (Phi) is 7.71. The van der Waals surface area contributed by atoms with E-state index in [2.05, 4.69) is 5.32 Å². The van der Waals surface area contributed by atoms with Gasteiger partial charge in [-0.15, -0.1) is 0 Å². The van der Waals surface area contributed by atoms with E-state index in [-0.39, 0.29) is 23.8 Å². The molecule has 0 unspecified atom stereocenters. The van der Waals surface area contributed by atoms with Gasteiger partial charge in [0.05, 0.1) is 12.2 Å². The third kappa shape index (κ3) is 7.32. The number of amides is 2. The smallest absolute Gasteiger partial charge is 0.343 e. The van der Waals surface area contributed by atoms with Gasteiger partial charge < -0.3 is 10.6 Å². The van der Waals surface area contributed by atoms with Gasteiger partial charge in [0.15, 0.2) is 5.78 Å². The van der Waals surface area contributed by atoms with Crippen molar-refractivity contribution in [1.82, 2.24) is 10.2 Å². The second-order valence-electron chi connectivity index (χ2n) is 6.82. The number of carbonyl (C=O) groups is 3. The highest BCUT2D eigenvalue weighted by Crippen LogP contribution is 2.16. The molecule has 0 bridgehead atoms. The monoisotopic (exact) mass is 421 g/mol. The number of ketones is 1. The van der Waals surface area contributed by atoms with Crippen LogP contribution in [0, 0.1) is 0 Å². The van der Waals surface area contributed by atoms with Crippen LogP contribution in [0.2, 0.25) is 0 Å². The fourth-order valence-electron chi connectivity index (χ4n) is 2.75.